The molecule has 86 valence electrons. The molecule has 0 radical (unpaired) electrons. The number of non-ortho nitro benzene ring substituents is 2. The van der Waals surface area contributed by atoms with E-state index in [4.69, 9.17) is 5.11 Å². The first-order valence-corrected chi connectivity index (χ1v) is 4.33. The maximum Gasteiger partial charge on any atom is 0.278 e. The highest BCUT2D eigenvalue weighted by Gasteiger charge is 2.15. The zero-order valence-electron chi connectivity index (χ0n) is 8.12. The van der Waals surface area contributed by atoms with Gasteiger partial charge in [-0.3, -0.25) is 20.2 Å². The van der Waals surface area contributed by atoms with Gasteiger partial charge in [0.25, 0.3) is 11.4 Å². The maximum absolute atomic E-state index is 10.5. The molecular weight excluding hydrogens is 218 g/mol. The molecule has 1 aromatic carbocycles. The number of benzene rings is 1. The minimum absolute atomic E-state index is 0.165. The Balaban J connectivity index is 3.08. The van der Waals surface area contributed by atoms with Crippen molar-refractivity contribution in [1.82, 2.24) is 0 Å². The quantitative estimate of drug-likeness (QED) is 0.569. The van der Waals surface area contributed by atoms with E-state index in [1.807, 2.05) is 0 Å². The van der Waals surface area contributed by atoms with Crippen LogP contribution < -0.4 is 5.32 Å². The standard InChI is InChI=1S/C8H9N3O5/c12-2-1-9-6-3-7(10(13)14)5-8(4-6)11(15)16/h3-5,9,12H,1-2H2. The third-order valence-corrected chi connectivity index (χ3v) is 1.77. The fourth-order valence-corrected chi connectivity index (χ4v) is 1.11. The zero-order valence-corrected chi connectivity index (χ0v) is 8.12. The second kappa shape index (κ2) is 5.03. The Kier molecular flexibility index (Phi) is 3.72. The van der Waals surface area contributed by atoms with Crippen molar-refractivity contribution in [2.24, 2.45) is 0 Å². The van der Waals surface area contributed by atoms with Gasteiger partial charge in [-0.15, -0.1) is 0 Å². The molecule has 0 aliphatic heterocycles. The number of nitro groups is 2. The Morgan fingerprint density at radius 2 is 1.62 bits per heavy atom. The van der Waals surface area contributed by atoms with E-state index >= 15 is 0 Å². The van der Waals surface area contributed by atoms with Crippen molar-refractivity contribution in [3.8, 4) is 0 Å². The predicted molar refractivity (Wildman–Crippen MR) is 55.3 cm³/mol. The molecule has 0 atom stereocenters. The van der Waals surface area contributed by atoms with E-state index in [0.29, 0.717) is 0 Å². The number of nitrogens with one attached hydrogen (secondary N) is 1. The smallest absolute Gasteiger partial charge is 0.278 e. The van der Waals surface area contributed by atoms with Crippen molar-refractivity contribution in [2.45, 2.75) is 0 Å². The van der Waals surface area contributed by atoms with Crippen LogP contribution in [0.3, 0.4) is 0 Å². The summed E-state index contributed by atoms with van der Waals surface area (Å²) in [6.45, 7) is -0.00515. The number of rotatable bonds is 5. The molecule has 16 heavy (non-hydrogen) atoms. The molecule has 0 aliphatic rings. The molecule has 2 N–H and O–H groups in total. The Labute approximate surface area is 89.8 Å². The van der Waals surface area contributed by atoms with Gasteiger partial charge < -0.3 is 10.4 Å². The first kappa shape index (κ1) is 11.9. The number of nitro benzene ring substituents is 2. The van der Waals surface area contributed by atoms with Crippen LogP contribution in [0.15, 0.2) is 18.2 Å². The lowest BCUT2D eigenvalue weighted by atomic mass is 10.2. The average molecular weight is 227 g/mol. The van der Waals surface area contributed by atoms with Gasteiger partial charge in [0.15, 0.2) is 0 Å². The van der Waals surface area contributed by atoms with Crippen LogP contribution in [0.2, 0.25) is 0 Å². The minimum atomic E-state index is -0.711. The van der Waals surface area contributed by atoms with Crippen LogP contribution in [0, 0.1) is 20.2 Å². The average Bonchev–Trinajstić information content (AvgIpc) is 2.25. The summed E-state index contributed by atoms with van der Waals surface area (Å²) in [7, 11) is 0. The lowest BCUT2D eigenvalue weighted by Crippen LogP contribution is -2.06. The van der Waals surface area contributed by atoms with E-state index < -0.39 is 9.85 Å². The van der Waals surface area contributed by atoms with Crippen molar-refractivity contribution in [3.05, 3.63) is 38.4 Å². The van der Waals surface area contributed by atoms with E-state index in [-0.39, 0.29) is 30.2 Å². The van der Waals surface area contributed by atoms with Gasteiger partial charge in [0.2, 0.25) is 0 Å². The van der Waals surface area contributed by atoms with Gasteiger partial charge in [0.05, 0.1) is 22.5 Å². The lowest BCUT2D eigenvalue weighted by Gasteiger charge is -2.03. The highest BCUT2D eigenvalue weighted by Crippen LogP contribution is 2.25. The van der Waals surface area contributed by atoms with Crippen LogP contribution in [0.5, 0.6) is 0 Å². The van der Waals surface area contributed by atoms with Crippen molar-refractivity contribution in [3.63, 3.8) is 0 Å². The molecule has 0 spiro atoms. The first-order chi connectivity index (χ1) is 7.54. The van der Waals surface area contributed by atoms with Crippen LogP contribution in [0.25, 0.3) is 0 Å². The summed E-state index contributed by atoms with van der Waals surface area (Å²) < 4.78 is 0. The fourth-order valence-electron chi connectivity index (χ4n) is 1.11. The van der Waals surface area contributed by atoms with Gasteiger partial charge in [0, 0.05) is 24.4 Å². The van der Waals surface area contributed by atoms with E-state index in [1.165, 1.54) is 12.1 Å². The molecule has 0 bridgehead atoms. The summed E-state index contributed by atoms with van der Waals surface area (Å²) in [6, 6.07) is 3.22. The predicted octanol–water partition coefficient (Wildman–Crippen LogP) is 0.907. The zero-order chi connectivity index (χ0) is 12.1. The molecule has 0 fully saturated rings. The first-order valence-electron chi connectivity index (χ1n) is 4.33. The number of aliphatic hydroxyl groups excluding tert-OH is 1. The number of nitrogens with zero attached hydrogens (tertiary/aromatic N) is 2. The molecule has 1 aromatic rings. The second-order valence-electron chi connectivity index (χ2n) is 2.90. The summed E-state index contributed by atoms with van der Waals surface area (Å²) >= 11 is 0. The molecule has 1 rings (SSSR count). The molecule has 0 saturated heterocycles. The molecule has 8 nitrogen and oxygen atoms in total. The van der Waals surface area contributed by atoms with Gasteiger partial charge in [-0.05, 0) is 0 Å². The molecule has 8 heteroatoms. The van der Waals surface area contributed by atoms with Crippen molar-refractivity contribution in [2.75, 3.05) is 18.5 Å². The van der Waals surface area contributed by atoms with Crippen LogP contribution in [-0.2, 0) is 0 Å². The van der Waals surface area contributed by atoms with E-state index in [9.17, 15) is 20.2 Å². The lowest BCUT2D eigenvalue weighted by molar-refractivity contribution is -0.394. The molecule has 0 aromatic heterocycles. The minimum Gasteiger partial charge on any atom is -0.395 e. The molecule has 0 heterocycles. The second-order valence-corrected chi connectivity index (χ2v) is 2.90. The molecule has 0 saturated carbocycles. The third kappa shape index (κ3) is 2.89. The van der Waals surface area contributed by atoms with Gasteiger partial charge in [-0.25, -0.2) is 0 Å². The Morgan fingerprint density at radius 3 is 2.00 bits per heavy atom. The Hall–Kier alpha value is -2.22. The van der Waals surface area contributed by atoms with Gasteiger partial charge in [0.1, 0.15) is 0 Å². The molecule has 0 aliphatic carbocycles. The van der Waals surface area contributed by atoms with E-state index in [1.54, 1.807) is 0 Å². The number of aliphatic hydroxyl groups is 1. The van der Waals surface area contributed by atoms with E-state index in [0.717, 1.165) is 6.07 Å². The highest BCUT2D eigenvalue weighted by atomic mass is 16.6. The summed E-state index contributed by atoms with van der Waals surface area (Å²) in [5.41, 5.74) is -0.501. The largest absolute Gasteiger partial charge is 0.395 e. The fraction of sp³-hybridized carbons (Fsp3) is 0.250. The molecule has 0 amide bonds. The van der Waals surface area contributed by atoms with Crippen molar-refractivity contribution >= 4 is 17.1 Å². The number of anilines is 1. The Morgan fingerprint density at radius 1 is 1.12 bits per heavy atom. The molecule has 0 unspecified atom stereocenters. The van der Waals surface area contributed by atoms with Crippen molar-refractivity contribution in [1.29, 1.82) is 0 Å². The topological polar surface area (TPSA) is 119 Å². The van der Waals surface area contributed by atoms with Crippen LogP contribution in [0.1, 0.15) is 0 Å². The van der Waals surface area contributed by atoms with Crippen LogP contribution in [-0.4, -0.2) is 28.1 Å². The normalized spacial score (nSPS) is 9.81. The van der Waals surface area contributed by atoms with Gasteiger partial charge in [-0.2, -0.15) is 0 Å². The summed E-state index contributed by atoms with van der Waals surface area (Å²) in [6.07, 6.45) is 0. The van der Waals surface area contributed by atoms with Gasteiger partial charge >= 0.3 is 0 Å². The summed E-state index contributed by atoms with van der Waals surface area (Å²) in [4.78, 5) is 19.6. The highest BCUT2D eigenvalue weighted by molar-refractivity contribution is 5.58. The Bertz CT molecular complexity index is 388. The molecular formula is C8H9N3O5. The van der Waals surface area contributed by atoms with Crippen LogP contribution in [0.4, 0.5) is 17.1 Å². The SMILES string of the molecule is O=[N+]([O-])c1cc(NCCO)cc([N+](=O)[O-])c1. The van der Waals surface area contributed by atoms with Crippen LogP contribution >= 0.6 is 0 Å². The maximum atomic E-state index is 10.5. The number of hydrogen-bond donors (Lipinski definition) is 2. The monoisotopic (exact) mass is 227 g/mol. The summed E-state index contributed by atoms with van der Waals surface area (Å²) in [5.74, 6) is 0. The van der Waals surface area contributed by atoms with E-state index in [2.05, 4.69) is 5.32 Å². The van der Waals surface area contributed by atoms with Crippen molar-refractivity contribution < 1.29 is 15.0 Å². The van der Waals surface area contributed by atoms with Gasteiger partial charge in [-0.1, -0.05) is 0 Å². The number of hydrogen-bond acceptors (Lipinski definition) is 6. The summed E-state index contributed by atoms with van der Waals surface area (Å²) in [5, 5.41) is 32.2. The third-order valence-electron chi connectivity index (χ3n) is 1.77.